The number of hydrogen-bond donors (Lipinski definition) is 3. The molecule has 6 heteroatoms. The van der Waals surface area contributed by atoms with Crippen molar-refractivity contribution in [1.29, 1.82) is 0 Å². The zero-order valence-corrected chi connectivity index (χ0v) is 14.5. The zero-order chi connectivity index (χ0) is 18.5. The maximum atomic E-state index is 11.5. The fourth-order valence-corrected chi connectivity index (χ4v) is 1.91. The van der Waals surface area contributed by atoms with Gasteiger partial charge in [0, 0.05) is 20.6 Å². The summed E-state index contributed by atoms with van der Waals surface area (Å²) in [7, 11) is 1.00. The lowest BCUT2D eigenvalue weighted by Crippen LogP contribution is -2.35. The summed E-state index contributed by atoms with van der Waals surface area (Å²) in [5.41, 5.74) is 2.08. The molecule has 0 bridgehead atoms. The van der Waals surface area contributed by atoms with Crippen molar-refractivity contribution in [3.8, 4) is 5.75 Å². The van der Waals surface area contributed by atoms with Gasteiger partial charge >= 0.3 is 0 Å². The average Bonchev–Trinajstić information content (AvgIpc) is 2.66. The second-order valence-electron chi connectivity index (χ2n) is 5.10. The number of nitrogens with one attached hydrogen (secondary N) is 2. The molecule has 0 saturated heterocycles. The van der Waals surface area contributed by atoms with E-state index in [-0.39, 0.29) is 18.4 Å². The third-order valence-corrected chi connectivity index (χ3v) is 3.16. The summed E-state index contributed by atoms with van der Waals surface area (Å²) in [4.78, 5) is 22.2. The molecule has 0 spiro atoms. The second kappa shape index (κ2) is 11.6. The minimum Gasteiger partial charge on any atom is -0.489 e. The monoisotopic (exact) mass is 344 g/mol. The van der Waals surface area contributed by atoms with E-state index in [4.69, 9.17) is 9.84 Å². The Morgan fingerprint density at radius 1 is 0.920 bits per heavy atom. The van der Waals surface area contributed by atoms with Crippen LogP contribution in [0.4, 0.5) is 0 Å². The lowest BCUT2D eigenvalue weighted by atomic mass is 10.2. The molecule has 25 heavy (non-hydrogen) atoms. The van der Waals surface area contributed by atoms with E-state index in [1.165, 1.54) is 6.92 Å². The number of rotatable bonds is 7. The van der Waals surface area contributed by atoms with Gasteiger partial charge in [-0.1, -0.05) is 42.5 Å². The van der Waals surface area contributed by atoms with Crippen LogP contribution in [-0.2, 0) is 22.7 Å². The third kappa shape index (κ3) is 8.53. The predicted molar refractivity (Wildman–Crippen MR) is 95.9 cm³/mol. The van der Waals surface area contributed by atoms with Crippen molar-refractivity contribution in [2.45, 2.75) is 20.1 Å². The first-order valence-corrected chi connectivity index (χ1v) is 7.85. The van der Waals surface area contributed by atoms with Gasteiger partial charge in [0.15, 0.2) is 0 Å². The number of aliphatic hydroxyl groups excluding tert-OH is 1. The maximum absolute atomic E-state index is 11.5. The summed E-state index contributed by atoms with van der Waals surface area (Å²) in [6.45, 7) is 2.31. The summed E-state index contributed by atoms with van der Waals surface area (Å²) >= 11 is 0. The normalized spacial score (nSPS) is 9.40. The van der Waals surface area contributed by atoms with Gasteiger partial charge in [0.25, 0.3) is 0 Å². The Bertz CT molecular complexity index is 642. The molecule has 134 valence electrons. The number of amides is 2. The molecule has 0 radical (unpaired) electrons. The van der Waals surface area contributed by atoms with Gasteiger partial charge in [-0.05, 0) is 23.3 Å². The van der Waals surface area contributed by atoms with Gasteiger partial charge in [0.1, 0.15) is 12.4 Å². The fraction of sp³-hybridized carbons (Fsp3) is 0.263. The quantitative estimate of drug-likeness (QED) is 0.712. The van der Waals surface area contributed by atoms with E-state index in [1.54, 1.807) is 0 Å². The lowest BCUT2D eigenvalue weighted by molar-refractivity contribution is -0.125. The minimum absolute atomic E-state index is 0.00635. The topological polar surface area (TPSA) is 87.7 Å². The number of carbonyl (C=O) groups excluding carboxylic acids is 2. The van der Waals surface area contributed by atoms with Crippen molar-refractivity contribution in [3.05, 3.63) is 65.7 Å². The Morgan fingerprint density at radius 3 is 2.16 bits per heavy atom. The highest BCUT2D eigenvalue weighted by molar-refractivity contribution is 5.83. The molecule has 2 rings (SSSR count). The Hall–Kier alpha value is -2.86. The van der Waals surface area contributed by atoms with Crippen LogP contribution in [0.2, 0.25) is 0 Å². The first-order valence-electron chi connectivity index (χ1n) is 7.85. The molecule has 6 nitrogen and oxygen atoms in total. The summed E-state index contributed by atoms with van der Waals surface area (Å²) in [5, 5.41) is 12.2. The van der Waals surface area contributed by atoms with Crippen LogP contribution in [0.5, 0.6) is 5.75 Å². The number of benzene rings is 2. The molecule has 3 N–H and O–H groups in total. The van der Waals surface area contributed by atoms with Crippen molar-refractivity contribution in [2.24, 2.45) is 0 Å². The molecule has 0 unspecified atom stereocenters. The van der Waals surface area contributed by atoms with E-state index >= 15 is 0 Å². The van der Waals surface area contributed by atoms with Crippen LogP contribution in [-0.4, -0.2) is 30.6 Å². The van der Waals surface area contributed by atoms with Crippen molar-refractivity contribution >= 4 is 11.8 Å². The van der Waals surface area contributed by atoms with Crippen LogP contribution >= 0.6 is 0 Å². The molecule has 0 saturated carbocycles. The van der Waals surface area contributed by atoms with Gasteiger partial charge in [0.05, 0.1) is 6.54 Å². The lowest BCUT2D eigenvalue weighted by Gasteiger charge is -2.08. The van der Waals surface area contributed by atoms with E-state index in [0.717, 1.165) is 24.0 Å². The van der Waals surface area contributed by atoms with Crippen LogP contribution in [0.25, 0.3) is 0 Å². The van der Waals surface area contributed by atoms with Crippen LogP contribution < -0.4 is 15.4 Å². The molecule has 0 aliphatic carbocycles. The largest absolute Gasteiger partial charge is 0.489 e. The minimum atomic E-state index is -0.222. The van der Waals surface area contributed by atoms with E-state index in [1.807, 2.05) is 54.6 Å². The van der Waals surface area contributed by atoms with Crippen LogP contribution in [0.1, 0.15) is 18.1 Å². The molecule has 0 fully saturated rings. The maximum Gasteiger partial charge on any atom is 0.239 e. The first-order chi connectivity index (χ1) is 12.1. The highest BCUT2D eigenvalue weighted by Crippen LogP contribution is 2.14. The molecule has 0 aliphatic heterocycles. The Kier molecular flexibility index (Phi) is 9.40. The number of hydrogen-bond acceptors (Lipinski definition) is 4. The average molecular weight is 344 g/mol. The van der Waals surface area contributed by atoms with E-state index in [9.17, 15) is 9.59 Å². The summed E-state index contributed by atoms with van der Waals surface area (Å²) < 4.78 is 5.70. The molecule has 2 amide bonds. The smallest absolute Gasteiger partial charge is 0.239 e. The molecule has 2 aromatic rings. The van der Waals surface area contributed by atoms with Gasteiger partial charge in [-0.15, -0.1) is 0 Å². The standard InChI is InChI=1S/C18H20N2O3.CH4O/c1-14(21)19-12-18(22)20-11-15-7-9-17(10-8-15)23-13-16-5-3-2-4-6-16;1-2/h2-10H,11-13H2,1H3,(H,19,21)(H,20,22);2H,1H3. The Morgan fingerprint density at radius 2 is 1.56 bits per heavy atom. The van der Waals surface area contributed by atoms with Gasteiger partial charge in [-0.25, -0.2) is 0 Å². The molecule has 0 aromatic heterocycles. The van der Waals surface area contributed by atoms with Gasteiger partial charge in [-0.3, -0.25) is 9.59 Å². The predicted octanol–water partition coefficient (Wildman–Crippen LogP) is 1.63. The van der Waals surface area contributed by atoms with Gasteiger partial charge < -0.3 is 20.5 Å². The van der Waals surface area contributed by atoms with Gasteiger partial charge in [-0.2, -0.15) is 0 Å². The number of carbonyl (C=O) groups is 2. The Labute approximate surface area is 147 Å². The van der Waals surface area contributed by atoms with Crippen molar-refractivity contribution in [3.63, 3.8) is 0 Å². The van der Waals surface area contributed by atoms with E-state index < -0.39 is 0 Å². The summed E-state index contributed by atoms with van der Waals surface area (Å²) in [5.74, 6) is 0.340. The van der Waals surface area contributed by atoms with Crippen LogP contribution in [0, 0.1) is 0 Å². The molecule has 0 aliphatic rings. The highest BCUT2D eigenvalue weighted by Gasteiger charge is 2.02. The molecular formula is C19H24N2O4. The molecule has 0 atom stereocenters. The summed E-state index contributed by atoms with van der Waals surface area (Å²) in [6, 6.07) is 17.5. The fourth-order valence-electron chi connectivity index (χ4n) is 1.91. The van der Waals surface area contributed by atoms with Gasteiger partial charge in [0.2, 0.25) is 11.8 Å². The SMILES string of the molecule is CC(=O)NCC(=O)NCc1ccc(OCc2ccccc2)cc1.CO. The second-order valence-corrected chi connectivity index (χ2v) is 5.10. The molecule has 2 aromatic carbocycles. The molecule has 0 heterocycles. The van der Waals surface area contributed by atoms with Crippen molar-refractivity contribution in [1.82, 2.24) is 10.6 Å². The zero-order valence-electron chi connectivity index (χ0n) is 14.5. The van der Waals surface area contributed by atoms with Crippen LogP contribution in [0.15, 0.2) is 54.6 Å². The third-order valence-electron chi connectivity index (χ3n) is 3.16. The first kappa shape index (κ1) is 20.2. The van der Waals surface area contributed by atoms with Crippen LogP contribution in [0.3, 0.4) is 0 Å². The number of ether oxygens (including phenoxy) is 1. The van der Waals surface area contributed by atoms with E-state index in [0.29, 0.717) is 13.2 Å². The van der Waals surface area contributed by atoms with E-state index in [2.05, 4.69) is 10.6 Å². The molecular weight excluding hydrogens is 320 g/mol. The Balaban J connectivity index is 0.00000151. The van der Waals surface area contributed by atoms with Crippen molar-refractivity contribution < 1.29 is 19.4 Å². The number of aliphatic hydroxyl groups is 1. The van der Waals surface area contributed by atoms with Crippen molar-refractivity contribution in [2.75, 3.05) is 13.7 Å². The highest BCUT2D eigenvalue weighted by atomic mass is 16.5. The summed E-state index contributed by atoms with van der Waals surface area (Å²) in [6.07, 6.45) is 0.